The lowest BCUT2D eigenvalue weighted by atomic mass is 9.98. The van der Waals surface area contributed by atoms with Crippen LogP contribution in [0.4, 0.5) is 0 Å². The van der Waals surface area contributed by atoms with Crippen LogP contribution in [0.1, 0.15) is 26.7 Å². The summed E-state index contributed by atoms with van der Waals surface area (Å²) in [6.07, 6.45) is 2.75. The lowest BCUT2D eigenvalue weighted by Gasteiger charge is -2.25. The summed E-state index contributed by atoms with van der Waals surface area (Å²) in [6.45, 7) is 3.29. The molecule has 6 N–H and O–H groups in total. The molecule has 0 aromatic carbocycles. The molecule has 0 bridgehead atoms. The number of carbonyl (C=O) groups excluding carboxylic acids is 3. The molecule has 0 heterocycles. The predicted octanol–water partition coefficient (Wildman–Crippen LogP) is -0.787. The van der Waals surface area contributed by atoms with Crippen LogP contribution in [0.3, 0.4) is 0 Å². The topological polar surface area (TPSA) is 151 Å². The predicted molar refractivity (Wildman–Crippen MR) is 109 cm³/mol. The van der Waals surface area contributed by atoms with Crippen molar-refractivity contribution >= 4 is 48.1 Å². The molecular formula is C16H30N4O5S2. The Morgan fingerprint density at radius 1 is 1.11 bits per heavy atom. The zero-order valence-corrected chi connectivity index (χ0v) is 17.6. The molecule has 0 aliphatic carbocycles. The zero-order chi connectivity index (χ0) is 21.0. The number of carboxylic acids is 1. The zero-order valence-electron chi connectivity index (χ0n) is 15.9. The molecule has 0 aliphatic rings. The highest BCUT2D eigenvalue weighted by atomic mass is 32.2. The molecule has 0 spiro atoms. The maximum absolute atomic E-state index is 12.6. The first-order chi connectivity index (χ1) is 12.7. The van der Waals surface area contributed by atoms with Crippen molar-refractivity contribution in [3.05, 3.63) is 0 Å². The molecule has 4 atom stereocenters. The van der Waals surface area contributed by atoms with Gasteiger partial charge in [0.2, 0.25) is 17.7 Å². The second-order valence-corrected chi connectivity index (χ2v) is 7.41. The minimum absolute atomic E-state index is 0.0268. The van der Waals surface area contributed by atoms with Crippen LogP contribution in [0.2, 0.25) is 0 Å². The van der Waals surface area contributed by atoms with Gasteiger partial charge in [-0.05, 0) is 24.3 Å². The van der Waals surface area contributed by atoms with Crippen molar-refractivity contribution in [1.29, 1.82) is 0 Å². The van der Waals surface area contributed by atoms with Gasteiger partial charge in [-0.1, -0.05) is 20.3 Å². The number of aliphatic carboxylic acids is 1. The lowest BCUT2D eigenvalue weighted by molar-refractivity contribution is -0.143. The van der Waals surface area contributed by atoms with E-state index in [1.807, 2.05) is 13.2 Å². The summed E-state index contributed by atoms with van der Waals surface area (Å²) in [5.41, 5.74) is 5.22. The smallest absolute Gasteiger partial charge is 0.326 e. The fraction of sp³-hybridized carbons (Fsp3) is 0.750. The third-order valence-corrected chi connectivity index (χ3v) is 5.05. The molecule has 0 saturated carbocycles. The Morgan fingerprint density at radius 3 is 2.15 bits per heavy atom. The first kappa shape index (κ1) is 25.5. The number of nitrogens with two attached hydrogens (primary N) is 1. The van der Waals surface area contributed by atoms with Crippen LogP contribution in [-0.2, 0) is 19.2 Å². The van der Waals surface area contributed by atoms with Crippen LogP contribution < -0.4 is 21.7 Å². The van der Waals surface area contributed by atoms with Crippen LogP contribution in [-0.4, -0.2) is 71.2 Å². The number of thiol groups is 1. The van der Waals surface area contributed by atoms with Gasteiger partial charge in [0.1, 0.15) is 18.1 Å². The van der Waals surface area contributed by atoms with Gasteiger partial charge in [0, 0.05) is 5.75 Å². The normalized spacial score (nSPS) is 15.1. The highest BCUT2D eigenvalue weighted by Gasteiger charge is 2.30. The summed E-state index contributed by atoms with van der Waals surface area (Å²) in [6, 6.07) is -2.92. The van der Waals surface area contributed by atoms with Crippen LogP contribution in [0.5, 0.6) is 0 Å². The minimum Gasteiger partial charge on any atom is -0.480 e. The third kappa shape index (κ3) is 9.34. The molecule has 0 saturated heterocycles. The number of rotatable bonds is 13. The maximum atomic E-state index is 12.6. The van der Waals surface area contributed by atoms with Crippen LogP contribution in [0.25, 0.3) is 0 Å². The number of amides is 3. The number of carbonyl (C=O) groups is 4. The van der Waals surface area contributed by atoms with Gasteiger partial charge in [-0.15, -0.1) is 0 Å². The van der Waals surface area contributed by atoms with Gasteiger partial charge in [0.25, 0.3) is 0 Å². The van der Waals surface area contributed by atoms with Crippen molar-refractivity contribution in [2.24, 2.45) is 11.7 Å². The average molecular weight is 423 g/mol. The Hall–Kier alpha value is -1.46. The summed E-state index contributed by atoms with van der Waals surface area (Å²) < 4.78 is 0. The first-order valence-electron chi connectivity index (χ1n) is 8.64. The maximum Gasteiger partial charge on any atom is 0.326 e. The fourth-order valence-electron chi connectivity index (χ4n) is 2.16. The van der Waals surface area contributed by atoms with Gasteiger partial charge in [-0.2, -0.15) is 24.4 Å². The van der Waals surface area contributed by atoms with E-state index in [0.29, 0.717) is 18.6 Å². The number of thioether (sulfide) groups is 1. The van der Waals surface area contributed by atoms with Crippen molar-refractivity contribution in [3.63, 3.8) is 0 Å². The Kier molecular flexibility index (Phi) is 12.9. The lowest BCUT2D eigenvalue weighted by Crippen LogP contribution is -2.57. The van der Waals surface area contributed by atoms with Gasteiger partial charge in [0.15, 0.2) is 0 Å². The van der Waals surface area contributed by atoms with E-state index >= 15 is 0 Å². The summed E-state index contributed by atoms with van der Waals surface area (Å²) >= 11 is 5.53. The van der Waals surface area contributed by atoms with E-state index in [9.17, 15) is 24.3 Å². The first-order valence-corrected chi connectivity index (χ1v) is 10.7. The molecule has 0 rings (SSSR count). The highest BCUT2D eigenvalue weighted by molar-refractivity contribution is 7.98. The fourth-order valence-corrected chi connectivity index (χ4v) is 2.89. The van der Waals surface area contributed by atoms with Gasteiger partial charge in [-0.3, -0.25) is 14.4 Å². The van der Waals surface area contributed by atoms with Crippen molar-refractivity contribution in [2.75, 3.05) is 24.3 Å². The molecule has 11 heteroatoms. The standard InChI is InChI=1S/C16H30N4O5S2/c1-4-9(2)13(16(24)25)20-14(22)10(5-6-27-3)19-15(23)11(8-26)18-12(21)7-17/h9-11,13,26H,4-8,17H2,1-3H3,(H,18,21)(H,19,23)(H,20,22)(H,24,25). The minimum atomic E-state index is -1.13. The summed E-state index contributed by atoms with van der Waals surface area (Å²) in [5.74, 6) is -2.46. The second kappa shape index (κ2) is 13.7. The Morgan fingerprint density at radius 2 is 1.70 bits per heavy atom. The van der Waals surface area contributed by atoms with Crippen molar-refractivity contribution in [2.45, 2.75) is 44.8 Å². The van der Waals surface area contributed by atoms with E-state index in [0.717, 1.165) is 0 Å². The van der Waals surface area contributed by atoms with Crippen LogP contribution in [0, 0.1) is 5.92 Å². The molecule has 0 aromatic rings. The summed E-state index contributed by atoms with van der Waals surface area (Å²) in [5, 5.41) is 16.8. The Bertz CT molecular complexity index is 521. The van der Waals surface area contributed by atoms with Crippen LogP contribution in [0.15, 0.2) is 0 Å². The van der Waals surface area contributed by atoms with Crippen LogP contribution >= 0.6 is 24.4 Å². The SMILES string of the molecule is CCC(C)C(NC(=O)C(CCSC)NC(=O)C(CS)NC(=O)CN)C(=O)O. The quantitative estimate of drug-likeness (QED) is 0.213. The molecule has 3 amide bonds. The summed E-state index contributed by atoms with van der Waals surface area (Å²) in [4.78, 5) is 47.8. The number of nitrogens with one attached hydrogen (secondary N) is 3. The van der Waals surface area contributed by atoms with Gasteiger partial charge < -0.3 is 26.8 Å². The van der Waals surface area contributed by atoms with E-state index in [-0.39, 0.29) is 18.2 Å². The monoisotopic (exact) mass is 422 g/mol. The molecule has 27 heavy (non-hydrogen) atoms. The van der Waals surface area contributed by atoms with E-state index in [2.05, 4.69) is 28.6 Å². The van der Waals surface area contributed by atoms with Crippen molar-refractivity contribution in [3.8, 4) is 0 Å². The molecule has 156 valence electrons. The molecule has 0 aromatic heterocycles. The third-order valence-electron chi connectivity index (χ3n) is 4.04. The van der Waals surface area contributed by atoms with E-state index in [1.165, 1.54) is 11.8 Å². The van der Waals surface area contributed by atoms with E-state index in [4.69, 9.17) is 5.73 Å². The summed E-state index contributed by atoms with van der Waals surface area (Å²) in [7, 11) is 0. The largest absolute Gasteiger partial charge is 0.480 e. The average Bonchev–Trinajstić information content (AvgIpc) is 2.65. The van der Waals surface area contributed by atoms with E-state index in [1.54, 1.807) is 6.92 Å². The molecule has 0 fully saturated rings. The molecule has 0 aliphatic heterocycles. The van der Waals surface area contributed by atoms with Gasteiger partial charge >= 0.3 is 5.97 Å². The van der Waals surface area contributed by atoms with Crippen molar-refractivity contribution < 1.29 is 24.3 Å². The van der Waals surface area contributed by atoms with E-state index < -0.39 is 41.8 Å². The van der Waals surface area contributed by atoms with Gasteiger partial charge in [-0.25, -0.2) is 4.79 Å². The molecular weight excluding hydrogens is 392 g/mol. The number of hydrogen-bond donors (Lipinski definition) is 6. The Labute approximate surface area is 169 Å². The van der Waals surface area contributed by atoms with Crippen molar-refractivity contribution in [1.82, 2.24) is 16.0 Å². The van der Waals surface area contributed by atoms with Gasteiger partial charge in [0.05, 0.1) is 6.54 Å². The molecule has 0 radical (unpaired) electrons. The number of carboxylic acid groups (broad SMARTS) is 1. The molecule has 4 unspecified atom stereocenters. The molecule has 9 nitrogen and oxygen atoms in total. The highest BCUT2D eigenvalue weighted by Crippen LogP contribution is 2.09. The number of hydrogen-bond acceptors (Lipinski definition) is 7. The second-order valence-electron chi connectivity index (χ2n) is 6.06. The Balaban J connectivity index is 5.17.